The van der Waals surface area contributed by atoms with Crippen molar-refractivity contribution in [1.29, 1.82) is 5.41 Å². The van der Waals surface area contributed by atoms with E-state index in [1.807, 2.05) is 0 Å². The van der Waals surface area contributed by atoms with Gasteiger partial charge in [-0.1, -0.05) is 6.92 Å². The average molecular weight is 286 g/mol. The van der Waals surface area contributed by atoms with Gasteiger partial charge in [0.1, 0.15) is 6.04 Å². The highest BCUT2D eigenvalue weighted by Gasteiger charge is 2.25. The Bertz CT molecular complexity index is 368. The fourth-order valence-electron chi connectivity index (χ4n) is 1.32. The number of Topliss-reactive ketones (excluding diaryl/α,β-unsaturated/α-hetero) is 1. The van der Waals surface area contributed by atoms with Crippen molar-refractivity contribution in [3.8, 4) is 0 Å². The molecule has 0 aliphatic heterocycles. The molecule has 1 amide bonds. The zero-order valence-corrected chi connectivity index (χ0v) is 12.0. The average Bonchev–Trinajstić information content (AvgIpc) is 2.40. The largest absolute Gasteiger partial charge is 0.461 e. The molecule has 0 aliphatic carbocycles. The van der Waals surface area contributed by atoms with Crippen LogP contribution in [0.5, 0.6) is 0 Å². The van der Waals surface area contributed by atoms with Crippen LogP contribution in [-0.4, -0.2) is 47.7 Å². The maximum atomic E-state index is 11.8. The molecule has 0 heterocycles. The van der Waals surface area contributed by atoms with Gasteiger partial charge in [-0.05, 0) is 20.3 Å². The van der Waals surface area contributed by atoms with Gasteiger partial charge in [0.2, 0.25) is 5.91 Å². The second-order valence-electron chi connectivity index (χ2n) is 4.78. The molecule has 0 aromatic heterocycles. The summed E-state index contributed by atoms with van der Waals surface area (Å²) in [6.45, 7) is 4.53. The van der Waals surface area contributed by atoms with Gasteiger partial charge >= 0.3 is 5.97 Å². The number of carbonyl (C=O) groups excluding carboxylic acids is 3. The van der Waals surface area contributed by atoms with Crippen molar-refractivity contribution >= 4 is 23.9 Å². The zero-order valence-electron chi connectivity index (χ0n) is 12.0. The van der Waals surface area contributed by atoms with Crippen LogP contribution in [0.2, 0.25) is 0 Å². The van der Waals surface area contributed by atoms with Crippen LogP contribution in [0, 0.1) is 11.3 Å². The third-order valence-corrected chi connectivity index (χ3v) is 2.51. The number of rotatable bonds is 9. The van der Waals surface area contributed by atoms with Gasteiger partial charge in [-0.2, -0.15) is 0 Å². The van der Waals surface area contributed by atoms with E-state index in [0.29, 0.717) is 6.21 Å². The van der Waals surface area contributed by atoms with E-state index in [9.17, 15) is 14.4 Å². The lowest BCUT2D eigenvalue weighted by atomic mass is 10.1. The van der Waals surface area contributed by atoms with Crippen LogP contribution in [0.4, 0.5) is 0 Å². The molecule has 0 radical (unpaired) electrons. The molecule has 0 bridgehead atoms. The van der Waals surface area contributed by atoms with Gasteiger partial charge < -0.3 is 20.6 Å². The summed E-state index contributed by atoms with van der Waals surface area (Å²) in [4.78, 5) is 34.6. The van der Waals surface area contributed by atoms with Crippen molar-refractivity contribution in [3.05, 3.63) is 0 Å². The van der Waals surface area contributed by atoms with Gasteiger partial charge in [-0.25, -0.2) is 4.79 Å². The van der Waals surface area contributed by atoms with Crippen molar-refractivity contribution < 1.29 is 24.2 Å². The van der Waals surface area contributed by atoms with Gasteiger partial charge in [0, 0.05) is 6.42 Å². The summed E-state index contributed by atoms with van der Waals surface area (Å²) in [7, 11) is 0. The highest BCUT2D eigenvalue weighted by molar-refractivity contribution is 6.26. The minimum Gasteiger partial charge on any atom is -0.461 e. The fraction of sp³-hybridized carbons (Fsp3) is 0.692. The molecule has 0 spiro atoms. The second kappa shape index (κ2) is 9.19. The van der Waals surface area contributed by atoms with Crippen molar-refractivity contribution in [2.75, 3.05) is 6.61 Å². The summed E-state index contributed by atoms with van der Waals surface area (Å²) in [5.41, 5.74) is 0. The van der Waals surface area contributed by atoms with Gasteiger partial charge in [0.15, 0.2) is 5.78 Å². The van der Waals surface area contributed by atoms with E-state index in [0.717, 1.165) is 0 Å². The fourth-order valence-corrected chi connectivity index (χ4v) is 1.32. The van der Waals surface area contributed by atoms with E-state index in [1.54, 1.807) is 13.8 Å². The Morgan fingerprint density at radius 2 is 1.90 bits per heavy atom. The Balaban J connectivity index is 4.69. The van der Waals surface area contributed by atoms with E-state index in [1.165, 1.54) is 6.92 Å². The lowest BCUT2D eigenvalue weighted by Gasteiger charge is -2.20. The Morgan fingerprint density at radius 3 is 2.35 bits per heavy atom. The van der Waals surface area contributed by atoms with Crippen LogP contribution in [0.15, 0.2) is 0 Å². The Hall–Kier alpha value is -1.76. The lowest BCUT2D eigenvalue weighted by Crippen LogP contribution is -2.45. The van der Waals surface area contributed by atoms with Crippen LogP contribution in [0.3, 0.4) is 0 Å². The first-order chi connectivity index (χ1) is 9.31. The Labute approximate surface area is 118 Å². The first-order valence-corrected chi connectivity index (χ1v) is 6.46. The van der Waals surface area contributed by atoms with Crippen molar-refractivity contribution in [2.45, 2.75) is 45.8 Å². The minimum absolute atomic E-state index is 0.0326. The van der Waals surface area contributed by atoms with Crippen LogP contribution in [0.25, 0.3) is 0 Å². The summed E-state index contributed by atoms with van der Waals surface area (Å²) < 4.78 is 5.01. The summed E-state index contributed by atoms with van der Waals surface area (Å²) in [5.74, 6) is -2.20. The molecule has 20 heavy (non-hydrogen) atoms. The topological polar surface area (TPSA) is 117 Å². The third kappa shape index (κ3) is 6.98. The van der Waals surface area contributed by atoms with Crippen molar-refractivity contribution in [2.24, 2.45) is 5.92 Å². The van der Waals surface area contributed by atoms with Crippen LogP contribution in [-0.2, 0) is 19.1 Å². The summed E-state index contributed by atoms with van der Waals surface area (Å²) in [6.07, 6.45) is 0.359. The molecular formula is C13H22N2O5. The zero-order chi connectivity index (χ0) is 15.7. The first kappa shape index (κ1) is 18.2. The Morgan fingerprint density at radius 1 is 1.30 bits per heavy atom. The quantitative estimate of drug-likeness (QED) is 0.409. The number of hydrogen-bond donors (Lipinski definition) is 3. The minimum atomic E-state index is -0.956. The third-order valence-electron chi connectivity index (χ3n) is 2.51. The molecule has 0 saturated carbocycles. The molecule has 114 valence electrons. The highest BCUT2D eigenvalue weighted by atomic mass is 16.5. The highest BCUT2D eigenvalue weighted by Crippen LogP contribution is 2.05. The SMILES string of the molecule is CC(C)OC(=O)[C@H](CCC(=O)C=N)NC(=O)[C@@H](C)CO. The molecule has 7 nitrogen and oxygen atoms in total. The predicted octanol–water partition coefficient (Wildman–Crippen LogP) is 0.0501. The number of nitrogens with one attached hydrogen (secondary N) is 2. The maximum absolute atomic E-state index is 11.8. The molecule has 0 aromatic rings. The van der Waals surface area contributed by atoms with Gasteiger partial charge in [0.25, 0.3) is 0 Å². The first-order valence-electron chi connectivity index (χ1n) is 6.46. The molecular weight excluding hydrogens is 264 g/mol. The maximum Gasteiger partial charge on any atom is 0.328 e. The number of hydrogen-bond acceptors (Lipinski definition) is 6. The normalized spacial score (nSPS) is 13.4. The second-order valence-corrected chi connectivity index (χ2v) is 4.78. The van der Waals surface area contributed by atoms with Gasteiger partial charge in [0.05, 0.1) is 24.8 Å². The summed E-state index contributed by atoms with van der Waals surface area (Å²) >= 11 is 0. The van der Waals surface area contributed by atoms with Gasteiger partial charge in [-0.3, -0.25) is 9.59 Å². The standard InChI is InChI=1S/C13H22N2O5/c1-8(2)20-13(19)11(5-4-10(17)6-14)15-12(18)9(3)7-16/h6,8-9,11,14,16H,4-5,7H2,1-3H3,(H,15,18)/t9-,11-/m0/s1. The van der Waals surface area contributed by atoms with E-state index in [-0.39, 0.29) is 25.6 Å². The lowest BCUT2D eigenvalue weighted by molar-refractivity contribution is -0.152. The molecule has 3 N–H and O–H groups in total. The number of carbonyl (C=O) groups is 3. The summed E-state index contributed by atoms with van der Waals surface area (Å²) in [6, 6.07) is -0.956. The molecule has 0 fully saturated rings. The number of esters is 1. The molecule has 0 unspecified atom stereocenters. The molecule has 0 aromatic carbocycles. The molecule has 2 atom stereocenters. The summed E-state index contributed by atoms with van der Waals surface area (Å²) in [5, 5.41) is 18.2. The number of ether oxygens (including phenoxy) is 1. The van der Waals surface area contributed by atoms with Gasteiger partial charge in [-0.15, -0.1) is 0 Å². The van der Waals surface area contributed by atoms with Crippen LogP contribution < -0.4 is 5.32 Å². The smallest absolute Gasteiger partial charge is 0.328 e. The number of aliphatic hydroxyl groups excluding tert-OH is 1. The number of ketones is 1. The number of amides is 1. The van der Waals surface area contributed by atoms with E-state index in [2.05, 4.69) is 5.32 Å². The predicted molar refractivity (Wildman–Crippen MR) is 72.4 cm³/mol. The molecule has 7 heteroatoms. The van der Waals surface area contributed by atoms with Crippen molar-refractivity contribution in [1.82, 2.24) is 5.32 Å². The van der Waals surface area contributed by atoms with E-state index >= 15 is 0 Å². The molecule has 0 aliphatic rings. The monoisotopic (exact) mass is 286 g/mol. The van der Waals surface area contributed by atoms with E-state index in [4.69, 9.17) is 15.3 Å². The Kier molecular flexibility index (Phi) is 8.38. The molecule has 0 saturated heterocycles. The van der Waals surface area contributed by atoms with E-state index < -0.39 is 29.6 Å². The molecule has 0 rings (SSSR count). The van der Waals surface area contributed by atoms with Crippen LogP contribution in [0.1, 0.15) is 33.6 Å². The number of aliphatic hydroxyl groups is 1. The van der Waals surface area contributed by atoms with Crippen molar-refractivity contribution in [3.63, 3.8) is 0 Å². The van der Waals surface area contributed by atoms with Crippen LogP contribution >= 0.6 is 0 Å².